The molecule has 2 N–H and O–H groups in total. The summed E-state index contributed by atoms with van der Waals surface area (Å²) in [5.74, 6) is 6.68. The lowest BCUT2D eigenvalue weighted by atomic mass is 9.83. The molecule has 113 heavy (non-hydrogen) atoms. The van der Waals surface area contributed by atoms with Crippen LogP contribution in [0.2, 0.25) is 15.1 Å². The first-order valence-electron chi connectivity index (χ1n) is 37.3. The van der Waals surface area contributed by atoms with Crippen molar-refractivity contribution in [1.82, 2.24) is 24.8 Å². The summed E-state index contributed by atoms with van der Waals surface area (Å²) in [6, 6.07) is 31.7. The van der Waals surface area contributed by atoms with Crippen LogP contribution < -0.4 is 57.8 Å². The number of benzene rings is 7. The number of rotatable bonds is 23. The molecular weight excluding hydrogens is 1530 g/mol. The van der Waals surface area contributed by atoms with Gasteiger partial charge in [-0.25, -0.2) is 0 Å². The minimum atomic E-state index is -4.60. The van der Waals surface area contributed by atoms with Crippen LogP contribution in [-0.4, -0.2) is 141 Å². The fraction of sp³-hybridized carbons (Fsp3) is 0.376. The Morgan fingerprint density at radius 1 is 0.442 bits per heavy atom. The second-order valence-corrected chi connectivity index (χ2v) is 30.5. The molecule has 15 rings (SSSR count). The van der Waals surface area contributed by atoms with Crippen molar-refractivity contribution in [2.45, 2.75) is 103 Å². The molecule has 28 heteroatoms. The molecule has 0 amide bonds. The van der Waals surface area contributed by atoms with Gasteiger partial charge in [0.05, 0.1) is 79.2 Å². The van der Waals surface area contributed by atoms with E-state index in [-0.39, 0.29) is 53.9 Å². The zero-order chi connectivity index (χ0) is 79.6. The first kappa shape index (κ1) is 81.3. The van der Waals surface area contributed by atoms with E-state index in [1.165, 1.54) is 37.1 Å². The summed E-state index contributed by atoms with van der Waals surface area (Å²) in [6.07, 6.45) is 1.73. The van der Waals surface area contributed by atoms with Crippen molar-refractivity contribution in [2.75, 3.05) is 99.2 Å². The molecule has 19 nitrogen and oxygen atoms in total. The maximum Gasteiger partial charge on any atom is 0.417 e. The van der Waals surface area contributed by atoms with Gasteiger partial charge < -0.3 is 67.6 Å². The van der Waals surface area contributed by atoms with E-state index in [0.717, 1.165) is 88.0 Å². The van der Waals surface area contributed by atoms with Crippen molar-refractivity contribution >= 4 is 79.1 Å². The van der Waals surface area contributed by atoms with E-state index in [4.69, 9.17) is 92.6 Å². The number of fused-ring (bicyclic) bond motifs is 9. The number of pyridine rings is 3. The zero-order valence-corrected chi connectivity index (χ0v) is 65.0. The lowest BCUT2D eigenvalue weighted by Crippen LogP contribution is -2.48. The van der Waals surface area contributed by atoms with Crippen LogP contribution in [0.15, 0.2) is 140 Å². The van der Waals surface area contributed by atoms with E-state index in [1.807, 2.05) is 12.1 Å². The Kier molecular flexibility index (Phi) is 25.7. The SMILES string of the molecule is CC1(C)CCN(CCCOc2cc3nccc(Oc4ccc(CC(=O)Cc5ccc(Cl)c(C(F)(F)F)c5)cc4)c3c3c2OCCO3)CC1.CC1(N)CCN(CCCOc2cc3nccc(Oc4ccc(CC(=O)Cc5ccc(Cl)c(C(F)(F)F)c5)cc4)c3c3c2OCCO3)CC1.COc1cc2nccc(Cl)c2c2c1OCCO2. The number of ether oxygens (including phenoxy) is 11. The average molecular weight is 1620 g/mol. The third-order valence-electron chi connectivity index (χ3n) is 20.1. The Labute approximate surface area is 664 Å². The number of hydrogen-bond donors (Lipinski definition) is 1. The molecule has 8 heterocycles. The Morgan fingerprint density at radius 2 is 0.796 bits per heavy atom. The number of likely N-dealkylation sites (tertiary alicyclic amines) is 2. The van der Waals surface area contributed by atoms with E-state index in [0.29, 0.717) is 171 Å². The molecule has 596 valence electrons. The second kappa shape index (κ2) is 35.7. The van der Waals surface area contributed by atoms with Crippen molar-refractivity contribution in [3.05, 3.63) is 188 Å². The molecule has 0 spiro atoms. The van der Waals surface area contributed by atoms with Gasteiger partial charge in [-0.2, -0.15) is 26.3 Å². The van der Waals surface area contributed by atoms with Crippen molar-refractivity contribution < 1.29 is 88.0 Å². The smallest absolute Gasteiger partial charge is 0.417 e. The number of methoxy groups -OCH3 is 1. The fourth-order valence-corrected chi connectivity index (χ4v) is 14.6. The Hall–Kier alpha value is -9.76. The molecule has 3 aromatic heterocycles. The average Bonchev–Trinajstić information content (AvgIpc) is 0.782. The molecule has 0 bridgehead atoms. The van der Waals surface area contributed by atoms with E-state index < -0.39 is 33.5 Å². The number of aromatic nitrogens is 3. The minimum Gasteiger partial charge on any atom is -0.493 e. The van der Waals surface area contributed by atoms with Crippen LogP contribution in [0, 0.1) is 5.41 Å². The molecule has 0 radical (unpaired) electrons. The van der Waals surface area contributed by atoms with Gasteiger partial charge in [0.2, 0.25) is 17.2 Å². The fourth-order valence-electron chi connectivity index (χ4n) is 13.9. The first-order chi connectivity index (χ1) is 54.2. The Balaban J connectivity index is 0.000000163. The normalized spacial score (nSPS) is 15.8. The van der Waals surface area contributed by atoms with Crippen LogP contribution in [0.5, 0.6) is 74.7 Å². The van der Waals surface area contributed by atoms with Crippen LogP contribution >= 0.6 is 34.8 Å². The largest absolute Gasteiger partial charge is 0.493 e. The predicted octanol–water partition coefficient (Wildman–Crippen LogP) is 18.8. The van der Waals surface area contributed by atoms with Crippen LogP contribution in [0.3, 0.4) is 0 Å². The van der Waals surface area contributed by atoms with Gasteiger partial charge in [0.1, 0.15) is 74.2 Å². The van der Waals surface area contributed by atoms with E-state index in [1.54, 1.807) is 98.5 Å². The Bertz CT molecular complexity index is 4800. The number of alkyl halides is 6. The highest BCUT2D eigenvalue weighted by atomic mass is 35.5. The van der Waals surface area contributed by atoms with Crippen LogP contribution in [0.25, 0.3) is 32.7 Å². The molecule has 7 aromatic carbocycles. The molecule has 0 aliphatic carbocycles. The molecule has 2 fully saturated rings. The third kappa shape index (κ3) is 20.6. The van der Waals surface area contributed by atoms with Crippen molar-refractivity contribution in [3.63, 3.8) is 0 Å². The highest BCUT2D eigenvalue weighted by molar-refractivity contribution is 6.36. The number of halogens is 9. The van der Waals surface area contributed by atoms with Gasteiger partial charge in [-0.15, -0.1) is 0 Å². The molecule has 2 saturated heterocycles. The van der Waals surface area contributed by atoms with Gasteiger partial charge in [0.15, 0.2) is 34.5 Å². The van der Waals surface area contributed by atoms with Crippen LogP contribution in [0.4, 0.5) is 26.3 Å². The quantitative estimate of drug-likeness (QED) is 0.0466. The summed E-state index contributed by atoms with van der Waals surface area (Å²) < 4.78 is 145. The number of carbonyl (C=O) groups excluding carboxylic acids is 2. The number of nitrogens with two attached hydrogens (primary N) is 1. The first-order valence-corrected chi connectivity index (χ1v) is 38.5. The summed E-state index contributed by atoms with van der Waals surface area (Å²) in [5, 5.41) is 1.88. The number of piperidine rings is 2. The van der Waals surface area contributed by atoms with E-state index >= 15 is 0 Å². The topological polar surface area (TPSA) is 207 Å². The maximum atomic E-state index is 13.2. The number of hydrogen-bond acceptors (Lipinski definition) is 19. The summed E-state index contributed by atoms with van der Waals surface area (Å²) in [4.78, 5) is 43.7. The predicted molar refractivity (Wildman–Crippen MR) is 418 cm³/mol. The Morgan fingerprint density at radius 3 is 1.21 bits per heavy atom. The number of nitrogens with zero attached hydrogens (tertiary/aromatic N) is 5. The number of ketones is 2. The van der Waals surface area contributed by atoms with Gasteiger partial charge in [-0.3, -0.25) is 24.5 Å². The van der Waals surface area contributed by atoms with Crippen LogP contribution in [0.1, 0.15) is 92.7 Å². The summed E-state index contributed by atoms with van der Waals surface area (Å²) in [7, 11) is 1.59. The molecule has 5 aliphatic rings. The lowest BCUT2D eigenvalue weighted by Gasteiger charge is -2.36. The summed E-state index contributed by atoms with van der Waals surface area (Å²) in [5.41, 5.74) is 8.62. The zero-order valence-electron chi connectivity index (χ0n) is 62.8. The van der Waals surface area contributed by atoms with Gasteiger partial charge in [0.25, 0.3) is 0 Å². The maximum absolute atomic E-state index is 13.2. The van der Waals surface area contributed by atoms with Gasteiger partial charge >= 0.3 is 12.4 Å². The third-order valence-corrected chi connectivity index (χ3v) is 21.1. The van der Waals surface area contributed by atoms with E-state index in [9.17, 15) is 35.9 Å². The standard InChI is InChI=1S/C37H38ClF3N2O5.C36H37ClF3N3O5.C12H10ClNO3/c1-36(2)11-15-43(16-12-36)14-3-17-45-32-23-30-33(35-34(32)46-18-19-47-35)31(10-13-42-30)48-27-7-4-24(5-8-27)20-26(44)21-25-6-9-29(38)28(22-25)37(39,40)41;1-35(41)10-14-43(15-11-35)13-2-16-45-31-22-29-32(34-33(31)46-17-18-47-34)30(9-12-42-29)48-26-6-3-23(4-7-26)19-25(44)20-24-5-8-28(37)27(21-24)36(38,39)40;1-15-9-6-8-10(7(13)2-3-14-8)12-11(9)16-4-5-17-12/h4-10,13,22-23H,3,11-12,14-21H2,1-2H3;3-9,12,21-22H,2,10-11,13-20,41H2,1H3;2-3,6H,4-5H2,1H3. The number of carbonyl (C=O) groups is 2. The van der Waals surface area contributed by atoms with Crippen LogP contribution in [-0.2, 0) is 47.6 Å². The van der Waals surface area contributed by atoms with Gasteiger partial charge in [-0.1, -0.05) is 85.0 Å². The number of Topliss-reactive ketones (excluding diaryl/α,β-unsaturated/α-hetero) is 2. The van der Waals surface area contributed by atoms with Crippen molar-refractivity contribution in [2.24, 2.45) is 11.1 Å². The molecule has 0 atom stereocenters. The molecule has 10 aromatic rings. The van der Waals surface area contributed by atoms with Gasteiger partial charge in [0, 0.05) is 81.1 Å². The molecular formula is C85H85Cl3F6N6O13. The highest BCUT2D eigenvalue weighted by Crippen LogP contribution is 2.52. The lowest BCUT2D eigenvalue weighted by molar-refractivity contribution is -0.138. The highest BCUT2D eigenvalue weighted by Gasteiger charge is 2.36. The molecule has 0 saturated carbocycles. The van der Waals surface area contributed by atoms with Crippen molar-refractivity contribution in [1.29, 1.82) is 0 Å². The summed E-state index contributed by atoms with van der Waals surface area (Å²) in [6.45, 7) is 16.5. The summed E-state index contributed by atoms with van der Waals surface area (Å²) >= 11 is 17.6. The van der Waals surface area contributed by atoms with Crippen molar-refractivity contribution in [3.8, 4) is 74.7 Å². The molecule has 0 unspecified atom stereocenters. The monoisotopic (exact) mass is 1620 g/mol. The molecule has 5 aliphatic heterocycles. The minimum absolute atomic E-state index is 0.0507. The second-order valence-electron chi connectivity index (χ2n) is 29.3. The van der Waals surface area contributed by atoms with E-state index in [2.05, 4.69) is 45.5 Å². The van der Waals surface area contributed by atoms with Gasteiger partial charge in [-0.05, 0) is 166 Å².